The molecular weight excluding hydrogens is 268 g/mol. The van der Waals surface area contributed by atoms with Gasteiger partial charge in [-0.15, -0.1) is 0 Å². The first-order chi connectivity index (χ1) is 9.79. The highest BCUT2D eigenvalue weighted by Crippen LogP contribution is 2.27. The van der Waals surface area contributed by atoms with Crippen molar-refractivity contribution in [2.75, 3.05) is 6.26 Å². The highest BCUT2D eigenvalue weighted by atomic mass is 32.2. The van der Waals surface area contributed by atoms with E-state index in [1.165, 1.54) is 19.3 Å². The topological polar surface area (TPSA) is 44.9 Å². The number of carbonyl (C=O) groups is 1. The minimum absolute atomic E-state index is 0.0454. The summed E-state index contributed by atoms with van der Waals surface area (Å²) in [6, 6.07) is 8.16. The molecule has 106 valence electrons. The van der Waals surface area contributed by atoms with Gasteiger partial charge in [-0.3, -0.25) is 4.79 Å². The van der Waals surface area contributed by atoms with Crippen LogP contribution in [-0.2, 0) is 0 Å². The van der Waals surface area contributed by atoms with Gasteiger partial charge in [0.05, 0.1) is 11.1 Å². The fourth-order valence-corrected chi connectivity index (χ4v) is 4.00. The maximum atomic E-state index is 12.5. The molecule has 2 atom stereocenters. The van der Waals surface area contributed by atoms with Crippen molar-refractivity contribution in [3.05, 3.63) is 36.0 Å². The summed E-state index contributed by atoms with van der Waals surface area (Å²) in [6.07, 6.45) is 8.82. The van der Waals surface area contributed by atoms with Gasteiger partial charge in [0.1, 0.15) is 0 Å². The summed E-state index contributed by atoms with van der Waals surface area (Å²) in [4.78, 5) is 15.7. The van der Waals surface area contributed by atoms with Gasteiger partial charge >= 0.3 is 0 Å². The van der Waals surface area contributed by atoms with Crippen LogP contribution in [0, 0.1) is 0 Å². The normalized spacial score (nSPS) is 22.9. The first kappa shape index (κ1) is 13.6. The van der Waals surface area contributed by atoms with Crippen LogP contribution in [0.25, 0.3) is 10.9 Å². The van der Waals surface area contributed by atoms with E-state index in [2.05, 4.69) is 16.6 Å². The third-order valence-electron chi connectivity index (χ3n) is 4.15. The van der Waals surface area contributed by atoms with Crippen LogP contribution in [0.5, 0.6) is 0 Å². The van der Waals surface area contributed by atoms with E-state index < -0.39 is 0 Å². The molecule has 0 aliphatic heterocycles. The molecule has 0 saturated heterocycles. The van der Waals surface area contributed by atoms with E-state index in [1.807, 2.05) is 42.2 Å². The smallest absolute Gasteiger partial charge is 0.253 e. The number of nitrogens with one attached hydrogen (secondary N) is 2. The van der Waals surface area contributed by atoms with Crippen LogP contribution in [0.1, 0.15) is 36.0 Å². The number of para-hydroxylation sites is 1. The predicted molar refractivity (Wildman–Crippen MR) is 85.3 cm³/mol. The molecule has 1 fully saturated rings. The van der Waals surface area contributed by atoms with Crippen molar-refractivity contribution < 1.29 is 4.79 Å². The van der Waals surface area contributed by atoms with Gasteiger partial charge in [-0.25, -0.2) is 0 Å². The Morgan fingerprint density at radius 3 is 3.00 bits per heavy atom. The Hall–Kier alpha value is -1.42. The molecule has 2 N–H and O–H groups in total. The third kappa shape index (κ3) is 2.57. The number of rotatable bonds is 3. The van der Waals surface area contributed by atoms with Crippen LogP contribution >= 0.6 is 11.8 Å². The van der Waals surface area contributed by atoms with E-state index in [4.69, 9.17) is 0 Å². The summed E-state index contributed by atoms with van der Waals surface area (Å²) >= 11 is 1.87. The molecule has 1 aliphatic rings. The number of aromatic nitrogens is 1. The van der Waals surface area contributed by atoms with Gasteiger partial charge < -0.3 is 10.3 Å². The van der Waals surface area contributed by atoms with Crippen molar-refractivity contribution >= 4 is 28.6 Å². The highest BCUT2D eigenvalue weighted by molar-refractivity contribution is 7.99. The molecule has 4 heteroatoms. The predicted octanol–water partition coefficient (Wildman–Crippen LogP) is 3.57. The molecule has 1 aromatic heterocycles. The van der Waals surface area contributed by atoms with E-state index in [1.54, 1.807) is 0 Å². The average Bonchev–Trinajstić information content (AvgIpc) is 2.96. The number of benzene rings is 1. The van der Waals surface area contributed by atoms with Crippen LogP contribution in [-0.4, -0.2) is 28.4 Å². The van der Waals surface area contributed by atoms with Crippen LogP contribution in [0.4, 0.5) is 0 Å². The quantitative estimate of drug-likeness (QED) is 0.907. The molecule has 20 heavy (non-hydrogen) atoms. The molecule has 1 heterocycles. The second kappa shape index (κ2) is 5.92. The van der Waals surface area contributed by atoms with Gasteiger partial charge in [-0.1, -0.05) is 25.0 Å². The van der Waals surface area contributed by atoms with Crippen molar-refractivity contribution in [3.63, 3.8) is 0 Å². The molecule has 0 spiro atoms. The van der Waals surface area contributed by atoms with E-state index in [0.29, 0.717) is 11.3 Å². The maximum Gasteiger partial charge on any atom is 0.253 e. The summed E-state index contributed by atoms with van der Waals surface area (Å²) < 4.78 is 0. The van der Waals surface area contributed by atoms with Crippen molar-refractivity contribution in [1.82, 2.24) is 10.3 Å². The number of H-pyrrole nitrogens is 1. The van der Waals surface area contributed by atoms with Crippen molar-refractivity contribution in [2.24, 2.45) is 0 Å². The Kier molecular flexibility index (Phi) is 4.01. The Morgan fingerprint density at radius 1 is 1.30 bits per heavy atom. The lowest BCUT2D eigenvalue weighted by Gasteiger charge is -2.31. The van der Waals surface area contributed by atoms with Crippen molar-refractivity contribution in [3.8, 4) is 0 Å². The monoisotopic (exact) mass is 288 g/mol. The zero-order valence-corrected chi connectivity index (χ0v) is 12.5. The van der Waals surface area contributed by atoms with E-state index >= 15 is 0 Å². The summed E-state index contributed by atoms with van der Waals surface area (Å²) in [6.45, 7) is 0. The molecule has 1 aromatic carbocycles. The van der Waals surface area contributed by atoms with Gasteiger partial charge in [0.15, 0.2) is 0 Å². The van der Waals surface area contributed by atoms with Gasteiger partial charge in [0, 0.05) is 22.9 Å². The maximum absolute atomic E-state index is 12.5. The lowest BCUT2D eigenvalue weighted by atomic mass is 9.94. The second-order valence-electron chi connectivity index (χ2n) is 5.39. The largest absolute Gasteiger partial charge is 0.361 e. The SMILES string of the molecule is CSC1CCCCC1NC(=O)c1cccc2cc[nH]c12. The molecule has 1 saturated carbocycles. The molecule has 0 bridgehead atoms. The highest BCUT2D eigenvalue weighted by Gasteiger charge is 2.26. The fourth-order valence-electron chi connectivity index (χ4n) is 3.06. The first-order valence-corrected chi connectivity index (χ1v) is 8.48. The Balaban J connectivity index is 1.80. The summed E-state index contributed by atoms with van der Waals surface area (Å²) in [5.74, 6) is 0.0454. The molecule has 1 amide bonds. The molecule has 2 unspecified atom stereocenters. The molecular formula is C16H20N2OS. The van der Waals surface area contributed by atoms with Gasteiger partial charge in [-0.05, 0) is 31.2 Å². The summed E-state index contributed by atoms with van der Waals surface area (Å²) in [5.41, 5.74) is 1.68. The Morgan fingerprint density at radius 2 is 2.15 bits per heavy atom. The number of aromatic amines is 1. The molecule has 0 radical (unpaired) electrons. The lowest BCUT2D eigenvalue weighted by molar-refractivity contribution is 0.0931. The van der Waals surface area contributed by atoms with E-state index in [-0.39, 0.29) is 5.91 Å². The molecule has 2 aromatic rings. The minimum atomic E-state index is 0.0454. The van der Waals surface area contributed by atoms with Crippen LogP contribution in [0.3, 0.4) is 0 Å². The number of hydrogen-bond acceptors (Lipinski definition) is 2. The van der Waals surface area contributed by atoms with Crippen molar-refractivity contribution in [2.45, 2.75) is 37.0 Å². The van der Waals surface area contributed by atoms with Crippen LogP contribution < -0.4 is 5.32 Å². The number of amides is 1. The molecule has 3 rings (SSSR count). The number of fused-ring (bicyclic) bond motifs is 1. The second-order valence-corrected chi connectivity index (χ2v) is 6.46. The minimum Gasteiger partial charge on any atom is -0.361 e. The number of carbonyl (C=O) groups excluding carboxylic acids is 1. The van der Waals surface area contributed by atoms with Gasteiger partial charge in [0.2, 0.25) is 0 Å². The average molecular weight is 288 g/mol. The zero-order chi connectivity index (χ0) is 13.9. The Bertz CT molecular complexity index is 607. The Labute approximate surface area is 123 Å². The van der Waals surface area contributed by atoms with Crippen LogP contribution in [0.2, 0.25) is 0 Å². The van der Waals surface area contributed by atoms with Gasteiger partial charge in [-0.2, -0.15) is 11.8 Å². The third-order valence-corrected chi connectivity index (χ3v) is 5.32. The van der Waals surface area contributed by atoms with E-state index in [0.717, 1.165) is 22.9 Å². The lowest BCUT2D eigenvalue weighted by Crippen LogP contribution is -2.43. The van der Waals surface area contributed by atoms with E-state index in [9.17, 15) is 4.79 Å². The zero-order valence-electron chi connectivity index (χ0n) is 11.7. The first-order valence-electron chi connectivity index (χ1n) is 7.19. The molecule has 3 nitrogen and oxygen atoms in total. The number of hydrogen-bond donors (Lipinski definition) is 2. The van der Waals surface area contributed by atoms with Gasteiger partial charge in [0.25, 0.3) is 5.91 Å². The van der Waals surface area contributed by atoms with Crippen LogP contribution in [0.15, 0.2) is 30.5 Å². The fraction of sp³-hybridized carbons (Fsp3) is 0.438. The standard InChI is InChI=1S/C16H20N2OS/c1-20-14-8-3-2-7-13(14)18-16(19)12-6-4-5-11-9-10-17-15(11)12/h4-6,9-10,13-14,17H,2-3,7-8H2,1H3,(H,18,19). The number of thioether (sulfide) groups is 1. The molecule has 1 aliphatic carbocycles. The summed E-state index contributed by atoms with van der Waals surface area (Å²) in [5, 5.41) is 4.88. The summed E-state index contributed by atoms with van der Waals surface area (Å²) in [7, 11) is 0. The van der Waals surface area contributed by atoms with Crippen molar-refractivity contribution in [1.29, 1.82) is 0 Å².